The number of rotatable bonds is 1. The third-order valence-electron chi connectivity index (χ3n) is 0.978. The molecule has 0 aromatic carbocycles. The Kier molecular flexibility index (Phi) is 4.04. The van der Waals surface area contributed by atoms with Gasteiger partial charge < -0.3 is 2.85 Å². The summed E-state index contributed by atoms with van der Waals surface area (Å²) < 4.78 is 0. The zero-order valence-electron chi connectivity index (χ0n) is 6.03. The van der Waals surface area contributed by atoms with E-state index in [4.69, 9.17) is 23.2 Å². The van der Waals surface area contributed by atoms with Crippen molar-refractivity contribution in [2.45, 2.75) is 17.7 Å². The molecule has 0 atom stereocenters. The minimum atomic E-state index is -0.0926. The molecule has 0 saturated heterocycles. The van der Waals surface area contributed by atoms with Gasteiger partial charge in [-0.3, -0.25) is 0 Å². The zero-order chi connectivity index (χ0) is 4.57. The maximum absolute atomic E-state index is 5.44. The summed E-state index contributed by atoms with van der Waals surface area (Å²) in [5, 5.41) is 0. The smallest absolute Gasteiger partial charge is 1.00 e. The Morgan fingerprint density at radius 3 is 1.86 bits per heavy atom. The van der Waals surface area contributed by atoms with Crippen LogP contribution in [0, 0.1) is 5.92 Å². The standard InChI is InChI=1S/C4H6Cl2.Mg.2H/c5-4(6)3-1-2-3;;;/h3-4H,1-2H2;;;/q;+2;2*-1. The quantitative estimate of drug-likeness (QED) is 0.397. The van der Waals surface area contributed by atoms with E-state index in [1.54, 1.807) is 0 Å². The normalized spacial score (nSPS) is 19.3. The summed E-state index contributed by atoms with van der Waals surface area (Å²) in [6, 6.07) is 0. The van der Waals surface area contributed by atoms with Gasteiger partial charge >= 0.3 is 23.1 Å². The van der Waals surface area contributed by atoms with Gasteiger partial charge in [0.05, 0.1) is 0 Å². The molecule has 0 N–H and O–H groups in total. The molecule has 7 heavy (non-hydrogen) atoms. The van der Waals surface area contributed by atoms with Crippen molar-refractivity contribution < 1.29 is 2.85 Å². The largest absolute Gasteiger partial charge is 2.00 e. The first-order valence-electron chi connectivity index (χ1n) is 2.09. The van der Waals surface area contributed by atoms with E-state index in [1.165, 1.54) is 12.8 Å². The van der Waals surface area contributed by atoms with Crippen LogP contribution in [0.4, 0.5) is 0 Å². The maximum atomic E-state index is 5.44. The number of hydrogen-bond acceptors (Lipinski definition) is 0. The maximum Gasteiger partial charge on any atom is 2.00 e. The SMILES string of the molecule is ClC(Cl)C1CC1.[H-].[H-].[Mg+2]. The van der Waals surface area contributed by atoms with Crippen LogP contribution in [-0.2, 0) is 0 Å². The Morgan fingerprint density at radius 2 is 1.86 bits per heavy atom. The van der Waals surface area contributed by atoms with Gasteiger partial charge in [-0.25, -0.2) is 0 Å². The van der Waals surface area contributed by atoms with Crippen molar-refractivity contribution in [1.29, 1.82) is 0 Å². The molecule has 0 amide bonds. The first-order chi connectivity index (χ1) is 2.80. The van der Waals surface area contributed by atoms with Crippen LogP contribution in [0.15, 0.2) is 0 Å². The summed E-state index contributed by atoms with van der Waals surface area (Å²) in [6.07, 6.45) is 2.47. The molecule has 40 valence electrons. The van der Waals surface area contributed by atoms with Gasteiger partial charge in [0.25, 0.3) is 0 Å². The second-order valence-electron chi connectivity index (χ2n) is 1.67. The van der Waals surface area contributed by atoms with Gasteiger partial charge in [0.15, 0.2) is 0 Å². The molecule has 1 rings (SSSR count). The van der Waals surface area contributed by atoms with Gasteiger partial charge in [0.1, 0.15) is 4.84 Å². The molecule has 0 aromatic heterocycles. The van der Waals surface area contributed by atoms with E-state index >= 15 is 0 Å². The molecule has 0 unspecified atom stereocenters. The first-order valence-corrected chi connectivity index (χ1v) is 2.96. The molecule has 0 aromatic rings. The van der Waals surface area contributed by atoms with Crippen molar-refractivity contribution in [1.82, 2.24) is 0 Å². The predicted molar refractivity (Wildman–Crippen MR) is 36.2 cm³/mol. The fourth-order valence-corrected chi connectivity index (χ4v) is 0.852. The number of halogens is 2. The molecule has 0 heterocycles. The van der Waals surface area contributed by atoms with Crippen LogP contribution in [0.2, 0.25) is 0 Å². The summed E-state index contributed by atoms with van der Waals surface area (Å²) in [7, 11) is 0. The number of alkyl halides is 2. The van der Waals surface area contributed by atoms with Crippen molar-refractivity contribution in [2.75, 3.05) is 0 Å². The van der Waals surface area contributed by atoms with E-state index in [1.807, 2.05) is 0 Å². The van der Waals surface area contributed by atoms with Crippen LogP contribution in [0.3, 0.4) is 0 Å². The van der Waals surface area contributed by atoms with Gasteiger partial charge in [0.2, 0.25) is 0 Å². The van der Waals surface area contributed by atoms with E-state index in [9.17, 15) is 0 Å². The van der Waals surface area contributed by atoms with Crippen LogP contribution >= 0.6 is 23.2 Å². The Bertz CT molecular complexity index is 58.5. The third-order valence-corrected chi connectivity index (χ3v) is 1.69. The van der Waals surface area contributed by atoms with Crippen molar-refractivity contribution in [3.63, 3.8) is 0 Å². The van der Waals surface area contributed by atoms with E-state index in [0.717, 1.165) is 0 Å². The van der Waals surface area contributed by atoms with E-state index in [-0.39, 0.29) is 30.7 Å². The summed E-state index contributed by atoms with van der Waals surface area (Å²) in [6.45, 7) is 0. The summed E-state index contributed by atoms with van der Waals surface area (Å²) in [4.78, 5) is -0.0926. The molecule has 0 radical (unpaired) electrons. The second kappa shape index (κ2) is 3.39. The molecule has 3 heteroatoms. The Balaban J connectivity index is -0.000000120. The summed E-state index contributed by atoms with van der Waals surface area (Å²) >= 11 is 10.9. The van der Waals surface area contributed by atoms with Gasteiger partial charge in [-0.2, -0.15) is 0 Å². The Hall–Kier alpha value is 1.35. The number of hydrogen-bond donors (Lipinski definition) is 0. The van der Waals surface area contributed by atoms with Crippen LogP contribution in [0.5, 0.6) is 0 Å². The molecule has 0 spiro atoms. The van der Waals surface area contributed by atoms with Crippen LogP contribution in [-0.4, -0.2) is 27.9 Å². The van der Waals surface area contributed by atoms with Crippen LogP contribution in [0.25, 0.3) is 0 Å². The molecule has 0 aliphatic heterocycles. The molecule has 0 bridgehead atoms. The Labute approximate surface area is 72.7 Å². The van der Waals surface area contributed by atoms with Crippen molar-refractivity contribution in [3.8, 4) is 0 Å². The van der Waals surface area contributed by atoms with Gasteiger partial charge in [-0.05, 0) is 18.8 Å². The molecule has 1 fully saturated rings. The van der Waals surface area contributed by atoms with Gasteiger partial charge in [0, 0.05) is 0 Å². The summed E-state index contributed by atoms with van der Waals surface area (Å²) in [5.41, 5.74) is 0. The van der Waals surface area contributed by atoms with E-state index in [2.05, 4.69) is 0 Å². The van der Waals surface area contributed by atoms with Crippen molar-refractivity contribution in [3.05, 3.63) is 0 Å². The Morgan fingerprint density at radius 1 is 1.43 bits per heavy atom. The van der Waals surface area contributed by atoms with Crippen molar-refractivity contribution in [2.24, 2.45) is 5.92 Å². The predicted octanol–water partition coefficient (Wildman–Crippen LogP) is 2.04. The average Bonchev–Trinajstić information content (AvgIpc) is 2.06. The van der Waals surface area contributed by atoms with Crippen LogP contribution in [0.1, 0.15) is 15.7 Å². The molecular weight excluding hydrogens is 143 g/mol. The molecular formula is C4H8Cl2Mg. The third kappa shape index (κ3) is 3.01. The fraction of sp³-hybridized carbons (Fsp3) is 1.00. The second-order valence-corrected chi connectivity index (χ2v) is 2.84. The molecule has 1 aliphatic rings. The molecule has 1 aliphatic carbocycles. The van der Waals surface area contributed by atoms with E-state index < -0.39 is 0 Å². The minimum absolute atomic E-state index is 0. The van der Waals surface area contributed by atoms with Crippen LogP contribution < -0.4 is 0 Å². The molecule has 0 nitrogen and oxygen atoms in total. The zero-order valence-corrected chi connectivity index (χ0v) is 6.96. The van der Waals surface area contributed by atoms with E-state index in [0.29, 0.717) is 5.92 Å². The average molecular weight is 151 g/mol. The van der Waals surface area contributed by atoms with Crippen molar-refractivity contribution >= 4 is 46.3 Å². The minimum Gasteiger partial charge on any atom is -1.00 e. The summed E-state index contributed by atoms with van der Waals surface area (Å²) in [5.74, 6) is 0.633. The van der Waals surface area contributed by atoms with Gasteiger partial charge in [-0.15, -0.1) is 23.2 Å². The van der Waals surface area contributed by atoms with Gasteiger partial charge in [-0.1, -0.05) is 0 Å². The molecule has 1 saturated carbocycles. The first kappa shape index (κ1) is 8.35. The topological polar surface area (TPSA) is 0 Å². The fourth-order valence-electron chi connectivity index (χ4n) is 0.348. The monoisotopic (exact) mass is 150 g/mol.